The molecule has 2 N–H and O–H groups in total. The van der Waals surface area contributed by atoms with Gasteiger partial charge in [0.2, 0.25) is 0 Å². The van der Waals surface area contributed by atoms with Crippen molar-refractivity contribution in [3.8, 4) is 11.5 Å². The van der Waals surface area contributed by atoms with Crippen LogP contribution >= 0.6 is 0 Å². The Morgan fingerprint density at radius 3 is 2.65 bits per heavy atom. The third-order valence-electron chi connectivity index (χ3n) is 4.48. The van der Waals surface area contributed by atoms with E-state index in [1.807, 2.05) is 55.5 Å². The summed E-state index contributed by atoms with van der Waals surface area (Å²) in [6, 6.07) is 13.6. The zero-order valence-corrected chi connectivity index (χ0v) is 15.0. The summed E-state index contributed by atoms with van der Waals surface area (Å²) in [4.78, 5) is 0. The largest absolute Gasteiger partial charge is 0.496 e. The van der Waals surface area contributed by atoms with Crippen LogP contribution in [0.2, 0.25) is 0 Å². The van der Waals surface area contributed by atoms with Crippen LogP contribution in [-0.4, -0.2) is 42.2 Å². The van der Waals surface area contributed by atoms with Crippen molar-refractivity contribution in [3.63, 3.8) is 0 Å². The van der Waals surface area contributed by atoms with Crippen LogP contribution in [0.25, 0.3) is 6.08 Å². The number of aliphatic hydroxyl groups excluding tert-OH is 2. The average molecular weight is 356 g/mol. The third-order valence-corrected chi connectivity index (χ3v) is 4.48. The fraction of sp³-hybridized carbons (Fsp3) is 0.333. The molecular formula is C21H24O5. The predicted octanol–water partition coefficient (Wildman–Crippen LogP) is 2.72. The van der Waals surface area contributed by atoms with Crippen molar-refractivity contribution in [2.75, 3.05) is 20.3 Å². The van der Waals surface area contributed by atoms with Crippen LogP contribution in [0.3, 0.4) is 0 Å². The standard InChI is InChI=1S/C21H24O5/c1-15-10-18(24-2)17-8-9-21(20(23)12-22,26-19(17)11-15)14-25-13-16-6-4-3-5-7-16/h3-11,20,22-23H,12-14H2,1-2H3/t20-,21+/m0/s1. The summed E-state index contributed by atoms with van der Waals surface area (Å²) in [5, 5.41) is 19.9. The van der Waals surface area contributed by atoms with E-state index < -0.39 is 18.3 Å². The lowest BCUT2D eigenvalue weighted by Crippen LogP contribution is -2.52. The molecule has 0 spiro atoms. The predicted molar refractivity (Wildman–Crippen MR) is 99.3 cm³/mol. The van der Waals surface area contributed by atoms with E-state index in [0.717, 1.165) is 16.7 Å². The summed E-state index contributed by atoms with van der Waals surface area (Å²) in [7, 11) is 1.61. The molecule has 3 rings (SSSR count). The fourth-order valence-electron chi connectivity index (χ4n) is 3.02. The Balaban J connectivity index is 1.83. The molecule has 0 fully saturated rings. The Morgan fingerprint density at radius 1 is 1.19 bits per heavy atom. The quantitative estimate of drug-likeness (QED) is 0.798. The Kier molecular flexibility index (Phi) is 5.61. The SMILES string of the molecule is COc1cc(C)cc2c1C=C[C@@](COCc1ccccc1)([C@@H](O)CO)O2. The van der Waals surface area contributed by atoms with Crippen molar-refractivity contribution in [2.45, 2.75) is 25.2 Å². The van der Waals surface area contributed by atoms with E-state index in [0.29, 0.717) is 18.1 Å². The number of hydrogen-bond donors (Lipinski definition) is 2. The smallest absolute Gasteiger partial charge is 0.178 e. The first-order chi connectivity index (χ1) is 12.6. The second-order valence-corrected chi connectivity index (χ2v) is 6.45. The van der Waals surface area contributed by atoms with Gasteiger partial charge in [0.15, 0.2) is 5.60 Å². The van der Waals surface area contributed by atoms with Gasteiger partial charge in [-0.05, 0) is 42.3 Å². The number of ether oxygens (including phenoxy) is 3. The first-order valence-corrected chi connectivity index (χ1v) is 8.55. The zero-order valence-electron chi connectivity index (χ0n) is 15.0. The number of rotatable bonds is 7. The summed E-state index contributed by atoms with van der Waals surface area (Å²) < 4.78 is 17.4. The van der Waals surface area contributed by atoms with E-state index in [1.165, 1.54) is 0 Å². The van der Waals surface area contributed by atoms with Crippen molar-refractivity contribution in [1.82, 2.24) is 0 Å². The van der Waals surface area contributed by atoms with Crippen LogP contribution < -0.4 is 9.47 Å². The van der Waals surface area contributed by atoms with Crippen molar-refractivity contribution in [3.05, 3.63) is 65.2 Å². The lowest BCUT2D eigenvalue weighted by molar-refractivity contribution is -0.0937. The normalized spacial score (nSPS) is 19.5. The molecule has 0 unspecified atom stereocenters. The van der Waals surface area contributed by atoms with Gasteiger partial charge in [0.25, 0.3) is 0 Å². The van der Waals surface area contributed by atoms with Crippen molar-refractivity contribution < 1.29 is 24.4 Å². The van der Waals surface area contributed by atoms with E-state index in [9.17, 15) is 10.2 Å². The molecule has 0 saturated heterocycles. The molecular weight excluding hydrogens is 332 g/mol. The highest BCUT2D eigenvalue weighted by Crippen LogP contribution is 2.39. The molecule has 26 heavy (non-hydrogen) atoms. The molecule has 1 aliphatic heterocycles. The molecule has 1 heterocycles. The zero-order chi connectivity index (χ0) is 18.6. The molecule has 0 saturated carbocycles. The Hall–Kier alpha value is -2.34. The van der Waals surface area contributed by atoms with Crippen LogP contribution in [0.4, 0.5) is 0 Å². The first-order valence-electron chi connectivity index (χ1n) is 8.55. The molecule has 2 atom stereocenters. The Bertz CT molecular complexity index is 771. The van der Waals surface area contributed by atoms with Gasteiger partial charge in [-0.3, -0.25) is 0 Å². The first kappa shape index (κ1) is 18.5. The van der Waals surface area contributed by atoms with Crippen LogP contribution in [0.1, 0.15) is 16.7 Å². The monoisotopic (exact) mass is 356 g/mol. The summed E-state index contributed by atoms with van der Waals surface area (Å²) in [6.45, 7) is 2.01. The number of fused-ring (bicyclic) bond motifs is 1. The molecule has 5 nitrogen and oxygen atoms in total. The molecule has 2 aromatic rings. The fourth-order valence-corrected chi connectivity index (χ4v) is 3.02. The number of methoxy groups -OCH3 is 1. The number of hydrogen-bond acceptors (Lipinski definition) is 5. The minimum Gasteiger partial charge on any atom is -0.496 e. The van der Waals surface area contributed by atoms with Gasteiger partial charge in [0.1, 0.15) is 17.6 Å². The summed E-state index contributed by atoms with van der Waals surface area (Å²) in [6.07, 6.45) is 2.47. The van der Waals surface area contributed by atoms with E-state index in [4.69, 9.17) is 14.2 Å². The maximum atomic E-state index is 10.4. The molecule has 0 aliphatic carbocycles. The summed E-state index contributed by atoms with van der Waals surface area (Å²) >= 11 is 0. The molecule has 1 aliphatic rings. The number of aliphatic hydroxyl groups is 2. The lowest BCUT2D eigenvalue weighted by atomic mass is 9.92. The van der Waals surface area contributed by atoms with Gasteiger partial charge in [-0.1, -0.05) is 30.3 Å². The molecule has 5 heteroatoms. The van der Waals surface area contributed by atoms with Crippen LogP contribution in [-0.2, 0) is 11.3 Å². The van der Waals surface area contributed by atoms with Gasteiger partial charge in [-0.25, -0.2) is 0 Å². The van der Waals surface area contributed by atoms with E-state index in [2.05, 4.69) is 0 Å². The van der Waals surface area contributed by atoms with Gasteiger partial charge < -0.3 is 24.4 Å². The Labute approximate surface area is 153 Å². The topological polar surface area (TPSA) is 68.2 Å². The highest BCUT2D eigenvalue weighted by molar-refractivity contribution is 5.68. The van der Waals surface area contributed by atoms with Crippen molar-refractivity contribution in [1.29, 1.82) is 0 Å². The van der Waals surface area contributed by atoms with Crippen molar-refractivity contribution >= 4 is 6.08 Å². The number of aryl methyl sites for hydroxylation is 1. The minimum absolute atomic E-state index is 0.107. The van der Waals surface area contributed by atoms with Gasteiger partial charge in [0, 0.05) is 0 Å². The van der Waals surface area contributed by atoms with Gasteiger partial charge in [0.05, 0.1) is 32.5 Å². The van der Waals surface area contributed by atoms with Gasteiger partial charge in [-0.15, -0.1) is 0 Å². The molecule has 0 radical (unpaired) electrons. The highest BCUT2D eigenvalue weighted by atomic mass is 16.6. The average Bonchev–Trinajstić information content (AvgIpc) is 2.67. The molecule has 2 aromatic carbocycles. The van der Waals surface area contributed by atoms with E-state index >= 15 is 0 Å². The van der Waals surface area contributed by atoms with Crippen LogP contribution in [0.15, 0.2) is 48.5 Å². The lowest BCUT2D eigenvalue weighted by Gasteiger charge is -2.38. The second kappa shape index (κ2) is 7.91. The minimum atomic E-state index is -1.16. The summed E-state index contributed by atoms with van der Waals surface area (Å²) in [5.74, 6) is 1.30. The maximum Gasteiger partial charge on any atom is 0.178 e. The van der Waals surface area contributed by atoms with E-state index in [-0.39, 0.29) is 6.61 Å². The molecule has 0 amide bonds. The molecule has 0 aromatic heterocycles. The Morgan fingerprint density at radius 2 is 1.96 bits per heavy atom. The number of benzene rings is 2. The van der Waals surface area contributed by atoms with Gasteiger partial charge >= 0.3 is 0 Å². The molecule has 0 bridgehead atoms. The van der Waals surface area contributed by atoms with Crippen molar-refractivity contribution in [2.24, 2.45) is 0 Å². The molecule has 138 valence electrons. The van der Waals surface area contributed by atoms with Crippen LogP contribution in [0, 0.1) is 6.92 Å². The second-order valence-electron chi connectivity index (χ2n) is 6.45. The van der Waals surface area contributed by atoms with Gasteiger partial charge in [-0.2, -0.15) is 0 Å². The maximum absolute atomic E-state index is 10.4. The van der Waals surface area contributed by atoms with Crippen LogP contribution in [0.5, 0.6) is 11.5 Å². The summed E-state index contributed by atoms with van der Waals surface area (Å²) in [5.41, 5.74) is 1.66. The van der Waals surface area contributed by atoms with E-state index in [1.54, 1.807) is 13.2 Å². The highest BCUT2D eigenvalue weighted by Gasteiger charge is 2.41. The third kappa shape index (κ3) is 3.75.